The number of nitrogens with zero attached hydrogens (tertiary/aromatic N) is 2. The summed E-state index contributed by atoms with van der Waals surface area (Å²) in [4.78, 5) is 20.2. The highest BCUT2D eigenvalue weighted by atomic mass is 32.1. The maximum atomic E-state index is 13.3. The summed E-state index contributed by atoms with van der Waals surface area (Å²) in [6.07, 6.45) is 6.08. The Morgan fingerprint density at radius 2 is 1.84 bits per heavy atom. The molecule has 0 amide bonds. The highest BCUT2D eigenvalue weighted by molar-refractivity contribution is 7.18. The fraction of sp³-hybridized carbons (Fsp3) is 0.400. The van der Waals surface area contributed by atoms with E-state index in [0.29, 0.717) is 12.0 Å². The van der Waals surface area contributed by atoms with Gasteiger partial charge in [0, 0.05) is 10.9 Å². The Balaban J connectivity index is 1.91. The molecule has 1 saturated carbocycles. The van der Waals surface area contributed by atoms with Crippen LogP contribution in [0.4, 0.5) is 5.95 Å². The fourth-order valence-corrected chi connectivity index (χ4v) is 4.66. The van der Waals surface area contributed by atoms with Crippen LogP contribution >= 0.6 is 11.3 Å². The van der Waals surface area contributed by atoms with Crippen LogP contribution in [0.2, 0.25) is 0 Å². The molecule has 1 aliphatic carbocycles. The van der Waals surface area contributed by atoms with Crippen molar-refractivity contribution in [2.75, 3.05) is 5.32 Å². The molecule has 130 valence electrons. The maximum absolute atomic E-state index is 13.3. The van der Waals surface area contributed by atoms with Crippen LogP contribution in [0.25, 0.3) is 15.9 Å². The number of rotatable bonds is 3. The monoisotopic (exact) mass is 353 g/mol. The summed E-state index contributed by atoms with van der Waals surface area (Å²) in [7, 11) is 0. The largest absolute Gasteiger partial charge is 0.352 e. The molecule has 0 saturated heterocycles. The third-order valence-corrected chi connectivity index (χ3v) is 6.26. The molecule has 2 heterocycles. The number of benzene rings is 1. The number of hydrogen-bond donors (Lipinski definition) is 1. The lowest BCUT2D eigenvalue weighted by Gasteiger charge is -2.24. The zero-order valence-corrected chi connectivity index (χ0v) is 15.5. The molecule has 4 rings (SSSR count). The van der Waals surface area contributed by atoms with E-state index in [4.69, 9.17) is 4.98 Å². The SMILES string of the molecule is Cc1sc2nc(NC3CCCCC3)n(-c3ccccc3)c(=O)c2c1C. The van der Waals surface area contributed by atoms with Gasteiger partial charge in [-0.1, -0.05) is 37.5 Å². The van der Waals surface area contributed by atoms with Gasteiger partial charge in [0.15, 0.2) is 0 Å². The summed E-state index contributed by atoms with van der Waals surface area (Å²) < 4.78 is 1.75. The highest BCUT2D eigenvalue weighted by Crippen LogP contribution is 2.29. The van der Waals surface area contributed by atoms with Gasteiger partial charge in [0.25, 0.3) is 5.56 Å². The molecule has 1 N–H and O–H groups in total. The molecule has 0 unspecified atom stereocenters. The van der Waals surface area contributed by atoms with Gasteiger partial charge >= 0.3 is 0 Å². The molecular weight excluding hydrogens is 330 g/mol. The van der Waals surface area contributed by atoms with Crippen molar-refractivity contribution in [3.8, 4) is 5.69 Å². The number of fused-ring (bicyclic) bond motifs is 1. The lowest BCUT2D eigenvalue weighted by molar-refractivity contribution is 0.460. The van der Waals surface area contributed by atoms with Gasteiger partial charge in [0.05, 0.1) is 11.1 Å². The summed E-state index contributed by atoms with van der Waals surface area (Å²) in [5.74, 6) is 0.678. The van der Waals surface area contributed by atoms with E-state index >= 15 is 0 Å². The molecule has 5 heteroatoms. The minimum atomic E-state index is 0.0244. The predicted octanol–water partition coefficient (Wildman–Crippen LogP) is 4.81. The van der Waals surface area contributed by atoms with Crippen LogP contribution in [-0.4, -0.2) is 15.6 Å². The molecule has 0 aliphatic heterocycles. The third kappa shape index (κ3) is 2.97. The van der Waals surface area contributed by atoms with Crippen molar-refractivity contribution in [3.05, 3.63) is 51.1 Å². The van der Waals surface area contributed by atoms with E-state index in [1.807, 2.05) is 37.3 Å². The van der Waals surface area contributed by atoms with E-state index < -0.39 is 0 Å². The lowest BCUT2D eigenvalue weighted by Crippen LogP contribution is -2.29. The smallest absolute Gasteiger partial charge is 0.268 e. The zero-order chi connectivity index (χ0) is 17.4. The Morgan fingerprint density at radius 3 is 2.56 bits per heavy atom. The molecule has 0 radical (unpaired) electrons. The van der Waals surface area contributed by atoms with Crippen LogP contribution in [0.15, 0.2) is 35.1 Å². The van der Waals surface area contributed by atoms with Gasteiger partial charge in [0.2, 0.25) is 5.95 Å². The molecule has 2 aromatic heterocycles. The van der Waals surface area contributed by atoms with Crippen LogP contribution in [0.1, 0.15) is 42.5 Å². The topological polar surface area (TPSA) is 46.9 Å². The number of para-hydroxylation sites is 1. The molecule has 25 heavy (non-hydrogen) atoms. The maximum Gasteiger partial charge on any atom is 0.268 e. The van der Waals surface area contributed by atoms with E-state index in [0.717, 1.165) is 39.2 Å². The molecule has 0 atom stereocenters. The number of aromatic nitrogens is 2. The zero-order valence-electron chi connectivity index (χ0n) is 14.7. The van der Waals surface area contributed by atoms with Crippen LogP contribution in [0.5, 0.6) is 0 Å². The van der Waals surface area contributed by atoms with Gasteiger partial charge in [-0.05, 0) is 44.4 Å². The number of anilines is 1. The van der Waals surface area contributed by atoms with E-state index in [9.17, 15) is 4.79 Å². The van der Waals surface area contributed by atoms with E-state index in [1.54, 1.807) is 15.9 Å². The van der Waals surface area contributed by atoms with Gasteiger partial charge in [-0.15, -0.1) is 11.3 Å². The van der Waals surface area contributed by atoms with Gasteiger partial charge in [-0.25, -0.2) is 9.55 Å². The number of aryl methyl sites for hydroxylation is 2. The van der Waals surface area contributed by atoms with Gasteiger partial charge in [-0.2, -0.15) is 0 Å². The van der Waals surface area contributed by atoms with Crippen molar-refractivity contribution in [2.45, 2.75) is 52.0 Å². The minimum absolute atomic E-state index is 0.0244. The molecule has 1 aliphatic rings. The number of hydrogen-bond acceptors (Lipinski definition) is 4. The normalized spacial score (nSPS) is 15.6. The first-order valence-corrected chi connectivity index (χ1v) is 9.81. The van der Waals surface area contributed by atoms with E-state index in [1.165, 1.54) is 19.3 Å². The second-order valence-corrected chi connectivity index (χ2v) is 8.06. The first-order chi connectivity index (χ1) is 12.1. The third-order valence-electron chi connectivity index (χ3n) is 5.16. The first-order valence-electron chi connectivity index (χ1n) is 9.00. The number of nitrogens with one attached hydrogen (secondary N) is 1. The summed E-state index contributed by atoms with van der Waals surface area (Å²) in [5, 5.41) is 4.32. The molecule has 0 spiro atoms. The first kappa shape index (κ1) is 16.3. The summed E-state index contributed by atoms with van der Waals surface area (Å²) in [6, 6.07) is 10.2. The van der Waals surface area contributed by atoms with Crippen molar-refractivity contribution in [1.29, 1.82) is 0 Å². The lowest BCUT2D eigenvalue weighted by atomic mass is 9.96. The Labute approximate surface area is 151 Å². The van der Waals surface area contributed by atoms with Crippen molar-refractivity contribution in [3.63, 3.8) is 0 Å². The molecule has 3 aromatic rings. The molecule has 4 nitrogen and oxygen atoms in total. The Hall–Kier alpha value is -2.14. The van der Waals surface area contributed by atoms with Crippen molar-refractivity contribution in [2.24, 2.45) is 0 Å². The Morgan fingerprint density at radius 1 is 1.12 bits per heavy atom. The highest BCUT2D eigenvalue weighted by Gasteiger charge is 2.20. The molecule has 0 bridgehead atoms. The second kappa shape index (κ2) is 6.64. The van der Waals surface area contributed by atoms with Crippen molar-refractivity contribution in [1.82, 2.24) is 9.55 Å². The standard InChI is InChI=1S/C20H23N3OS/c1-13-14(2)25-18-17(13)19(24)23(16-11-7-4-8-12-16)20(22-18)21-15-9-5-3-6-10-15/h4,7-8,11-12,15H,3,5-6,9-10H2,1-2H3,(H,21,22). The van der Waals surface area contributed by atoms with Crippen molar-refractivity contribution < 1.29 is 0 Å². The van der Waals surface area contributed by atoms with E-state index in [-0.39, 0.29) is 5.56 Å². The minimum Gasteiger partial charge on any atom is -0.352 e. The predicted molar refractivity (Wildman–Crippen MR) is 105 cm³/mol. The van der Waals surface area contributed by atoms with Crippen LogP contribution < -0.4 is 10.9 Å². The molecule has 1 fully saturated rings. The Kier molecular flexibility index (Phi) is 4.34. The average Bonchev–Trinajstić information content (AvgIpc) is 2.91. The second-order valence-electron chi connectivity index (χ2n) is 6.85. The van der Waals surface area contributed by atoms with Crippen molar-refractivity contribution >= 4 is 27.5 Å². The van der Waals surface area contributed by atoms with Crippen LogP contribution in [0, 0.1) is 13.8 Å². The summed E-state index contributed by atoms with van der Waals surface area (Å²) in [5.41, 5.74) is 1.94. The average molecular weight is 353 g/mol. The Bertz CT molecular complexity index is 952. The number of thiophene rings is 1. The van der Waals surface area contributed by atoms with Gasteiger partial charge in [0.1, 0.15) is 4.83 Å². The summed E-state index contributed by atoms with van der Waals surface area (Å²) >= 11 is 1.61. The quantitative estimate of drug-likeness (QED) is 0.735. The van der Waals surface area contributed by atoms with E-state index in [2.05, 4.69) is 12.2 Å². The van der Waals surface area contributed by atoms with Crippen LogP contribution in [0.3, 0.4) is 0 Å². The molecular formula is C20H23N3OS. The summed E-state index contributed by atoms with van der Waals surface area (Å²) in [6.45, 7) is 4.07. The fourth-order valence-electron chi connectivity index (χ4n) is 3.64. The van der Waals surface area contributed by atoms with Crippen LogP contribution in [-0.2, 0) is 0 Å². The molecule has 1 aromatic carbocycles. The van der Waals surface area contributed by atoms with Gasteiger partial charge in [-0.3, -0.25) is 4.79 Å². The van der Waals surface area contributed by atoms with Gasteiger partial charge < -0.3 is 5.32 Å².